The Morgan fingerprint density at radius 1 is 1.10 bits per heavy atom. The predicted molar refractivity (Wildman–Crippen MR) is 167 cm³/mol. The molecule has 0 bridgehead atoms. The van der Waals surface area contributed by atoms with Crippen LogP contribution in [0.15, 0.2) is 61.1 Å². The van der Waals surface area contributed by atoms with Crippen LogP contribution in [0.5, 0.6) is 5.75 Å². The van der Waals surface area contributed by atoms with E-state index in [0.717, 1.165) is 54.4 Å². The van der Waals surface area contributed by atoms with Crippen LogP contribution in [-0.2, 0) is 5.41 Å². The summed E-state index contributed by atoms with van der Waals surface area (Å²) in [5.74, 6) is 1.49. The Bertz CT molecular complexity index is 1570. The highest BCUT2D eigenvalue weighted by Gasteiger charge is 2.32. The summed E-state index contributed by atoms with van der Waals surface area (Å²) in [6, 6.07) is 16.3. The van der Waals surface area contributed by atoms with Crippen molar-refractivity contribution in [3.05, 3.63) is 77.2 Å². The van der Waals surface area contributed by atoms with E-state index >= 15 is 0 Å². The van der Waals surface area contributed by atoms with Crippen LogP contribution in [0.3, 0.4) is 0 Å². The lowest BCUT2D eigenvalue weighted by molar-refractivity contribution is 0.0283. The number of hydrogen-bond donors (Lipinski definition) is 2. The molecule has 42 heavy (non-hydrogen) atoms. The zero-order chi connectivity index (χ0) is 30.1. The third-order valence-corrected chi connectivity index (χ3v) is 8.38. The largest absolute Gasteiger partial charge is 0.489 e. The van der Waals surface area contributed by atoms with Crippen LogP contribution in [-0.4, -0.2) is 57.1 Å². The van der Waals surface area contributed by atoms with Crippen LogP contribution >= 0.6 is 11.6 Å². The number of ether oxygens (including phenoxy) is 1. The molecule has 0 saturated carbocycles. The number of anilines is 1. The number of nitrogens with zero attached hydrogens (tertiary/aromatic N) is 5. The van der Waals surface area contributed by atoms with Gasteiger partial charge in [0.2, 0.25) is 0 Å². The molecule has 1 fully saturated rings. The minimum atomic E-state index is -0.979. The van der Waals surface area contributed by atoms with Crippen LogP contribution in [0.1, 0.15) is 58.6 Å². The van der Waals surface area contributed by atoms with Gasteiger partial charge in [-0.3, -0.25) is 0 Å². The van der Waals surface area contributed by atoms with Crippen LogP contribution in [0.2, 0.25) is 5.02 Å². The van der Waals surface area contributed by atoms with Crippen LogP contribution in [0, 0.1) is 11.3 Å². The average Bonchev–Trinajstić information content (AvgIpc) is 3.38. The first-order valence-electron chi connectivity index (χ1n) is 14.4. The quantitative estimate of drug-likeness (QED) is 0.248. The molecule has 0 aliphatic carbocycles. The highest BCUT2D eigenvalue weighted by Crippen LogP contribution is 2.33. The van der Waals surface area contributed by atoms with Crippen molar-refractivity contribution in [2.24, 2.45) is 0 Å². The van der Waals surface area contributed by atoms with Crippen LogP contribution < -0.4 is 15.0 Å². The maximum atomic E-state index is 10.1. The van der Waals surface area contributed by atoms with Gasteiger partial charge >= 0.3 is 0 Å². The number of hydrogen-bond acceptors (Lipinski definition) is 7. The predicted octanol–water partition coefficient (Wildman–Crippen LogP) is 6.00. The Morgan fingerprint density at radius 3 is 2.43 bits per heavy atom. The van der Waals surface area contributed by atoms with E-state index in [2.05, 4.69) is 54.3 Å². The van der Waals surface area contributed by atoms with Crippen molar-refractivity contribution in [1.29, 1.82) is 5.26 Å². The molecule has 5 rings (SSSR count). The summed E-state index contributed by atoms with van der Waals surface area (Å²) in [5, 5.41) is 28.8. The monoisotopic (exact) mass is 586 g/mol. The van der Waals surface area contributed by atoms with Crippen LogP contribution in [0.25, 0.3) is 16.6 Å². The smallest absolute Gasteiger partial charge is 0.138 e. The molecule has 0 spiro atoms. The lowest BCUT2D eigenvalue weighted by Gasteiger charge is -2.42. The van der Waals surface area contributed by atoms with Gasteiger partial charge in [-0.25, -0.2) is 9.50 Å². The molecular formula is C33H39ClN6O2. The van der Waals surface area contributed by atoms with E-state index in [9.17, 15) is 10.4 Å². The SMILES string of the molecule is CC(C)(O)COc1cc(-c2ccc(N3CCC(C)(NCC(C)(C)c4ccc(Cl)cc4)CC3)nc2)c2c(C#N)cnn2c1. The third kappa shape index (κ3) is 6.70. The molecule has 2 N–H and O–H groups in total. The normalized spacial score (nSPS) is 15.5. The summed E-state index contributed by atoms with van der Waals surface area (Å²) in [4.78, 5) is 7.15. The minimum absolute atomic E-state index is 0.00882. The Labute approximate surface area is 252 Å². The number of rotatable bonds is 9. The first-order valence-corrected chi connectivity index (χ1v) is 14.7. The van der Waals surface area contributed by atoms with E-state index in [1.807, 2.05) is 36.5 Å². The molecule has 0 atom stereocenters. The summed E-state index contributed by atoms with van der Waals surface area (Å²) in [6.45, 7) is 13.0. The van der Waals surface area contributed by atoms with E-state index in [1.165, 1.54) is 5.56 Å². The lowest BCUT2D eigenvalue weighted by Crippen LogP contribution is -2.54. The van der Waals surface area contributed by atoms with Crippen molar-refractivity contribution < 1.29 is 9.84 Å². The van der Waals surface area contributed by atoms with Crippen LogP contribution in [0.4, 0.5) is 5.82 Å². The molecular weight excluding hydrogens is 548 g/mol. The molecule has 0 amide bonds. The molecule has 4 heterocycles. The van der Waals surface area contributed by atoms with Gasteiger partial charge < -0.3 is 20.1 Å². The van der Waals surface area contributed by atoms with Gasteiger partial charge in [0.25, 0.3) is 0 Å². The Kier molecular flexibility index (Phi) is 8.21. The first-order chi connectivity index (χ1) is 19.9. The van der Waals surface area contributed by atoms with Gasteiger partial charge in [-0.1, -0.05) is 37.6 Å². The van der Waals surface area contributed by atoms with Crippen molar-refractivity contribution in [1.82, 2.24) is 19.9 Å². The number of benzene rings is 1. The number of nitrogens with one attached hydrogen (secondary N) is 1. The highest BCUT2D eigenvalue weighted by atomic mass is 35.5. The number of fused-ring (bicyclic) bond motifs is 1. The number of pyridine rings is 2. The first kappa shape index (κ1) is 29.8. The van der Waals surface area contributed by atoms with Crippen molar-refractivity contribution in [2.45, 2.75) is 64.0 Å². The molecule has 1 aliphatic heterocycles. The summed E-state index contributed by atoms with van der Waals surface area (Å²) in [5.41, 5.74) is 3.17. The van der Waals surface area contributed by atoms with E-state index in [0.29, 0.717) is 16.8 Å². The molecule has 9 heteroatoms. The molecule has 3 aromatic heterocycles. The zero-order valence-corrected chi connectivity index (χ0v) is 25.7. The second kappa shape index (κ2) is 11.6. The standard InChI is InChI=1S/C33H39ClN6O2/c1-31(2,25-7-9-26(34)10-8-25)21-37-33(5)12-14-39(15-13-33)29-11-6-23(18-36-29)28-16-27(42-22-32(3,4)41)20-40-30(28)24(17-35)19-38-40/h6-11,16,18-20,37,41H,12-15,21-22H2,1-5H3. The molecule has 8 nitrogen and oxygen atoms in total. The minimum Gasteiger partial charge on any atom is -0.489 e. The molecule has 1 aromatic carbocycles. The summed E-state index contributed by atoms with van der Waals surface area (Å²) in [7, 11) is 0. The molecule has 4 aromatic rings. The van der Waals surface area contributed by atoms with Crippen molar-refractivity contribution in [3.63, 3.8) is 0 Å². The van der Waals surface area contributed by atoms with E-state index in [-0.39, 0.29) is 17.6 Å². The average molecular weight is 587 g/mol. The maximum absolute atomic E-state index is 10.1. The van der Waals surface area contributed by atoms with E-state index in [1.54, 1.807) is 30.8 Å². The van der Waals surface area contributed by atoms with Gasteiger partial charge in [-0.05, 0) is 69.5 Å². The second-order valence-electron chi connectivity index (χ2n) is 12.9. The number of nitriles is 1. The molecule has 0 unspecified atom stereocenters. The van der Waals surface area contributed by atoms with Gasteiger partial charge in [0.05, 0.1) is 29.1 Å². The van der Waals surface area contributed by atoms with Gasteiger partial charge in [-0.2, -0.15) is 10.4 Å². The lowest BCUT2D eigenvalue weighted by atomic mass is 9.82. The fourth-order valence-electron chi connectivity index (χ4n) is 5.31. The topological polar surface area (TPSA) is 98.7 Å². The zero-order valence-electron chi connectivity index (χ0n) is 25.0. The summed E-state index contributed by atoms with van der Waals surface area (Å²) in [6.07, 6.45) is 7.14. The summed E-state index contributed by atoms with van der Waals surface area (Å²) >= 11 is 6.10. The Hall–Kier alpha value is -3.64. The third-order valence-electron chi connectivity index (χ3n) is 8.13. The fraction of sp³-hybridized carbons (Fsp3) is 0.424. The second-order valence-corrected chi connectivity index (χ2v) is 13.3. The molecule has 220 valence electrons. The highest BCUT2D eigenvalue weighted by molar-refractivity contribution is 6.30. The maximum Gasteiger partial charge on any atom is 0.138 e. The van der Waals surface area contributed by atoms with Crippen molar-refractivity contribution in [2.75, 3.05) is 31.1 Å². The number of piperidine rings is 1. The van der Waals surface area contributed by atoms with Gasteiger partial charge in [0.15, 0.2) is 0 Å². The van der Waals surface area contributed by atoms with Gasteiger partial charge in [0, 0.05) is 52.9 Å². The molecule has 1 saturated heterocycles. The number of aliphatic hydroxyl groups is 1. The number of aromatic nitrogens is 3. The van der Waals surface area contributed by atoms with E-state index in [4.69, 9.17) is 21.3 Å². The number of halogens is 1. The van der Waals surface area contributed by atoms with Gasteiger partial charge in [0.1, 0.15) is 24.2 Å². The molecule has 1 aliphatic rings. The van der Waals surface area contributed by atoms with Crippen molar-refractivity contribution in [3.8, 4) is 22.9 Å². The van der Waals surface area contributed by atoms with Crippen molar-refractivity contribution >= 4 is 22.9 Å². The summed E-state index contributed by atoms with van der Waals surface area (Å²) < 4.78 is 7.51. The van der Waals surface area contributed by atoms with Gasteiger partial charge in [-0.15, -0.1) is 0 Å². The Balaban J connectivity index is 1.27. The molecule has 0 radical (unpaired) electrons. The fourth-order valence-corrected chi connectivity index (χ4v) is 5.44. The van der Waals surface area contributed by atoms with E-state index < -0.39 is 5.60 Å². The Morgan fingerprint density at radius 2 is 1.81 bits per heavy atom.